The molecule has 2 N–H and O–H groups in total. The third kappa shape index (κ3) is 0.707. The summed E-state index contributed by atoms with van der Waals surface area (Å²) in [6.07, 6.45) is 4.41. The molecule has 0 saturated heterocycles. The maximum absolute atomic E-state index is 3.58. The summed E-state index contributed by atoms with van der Waals surface area (Å²) in [5.41, 5.74) is 0.889. The first kappa shape index (κ1) is 4.18. The molecule has 0 bridgehead atoms. The van der Waals surface area contributed by atoms with E-state index >= 15 is 0 Å². The van der Waals surface area contributed by atoms with Crippen LogP contribution >= 0.6 is 0 Å². The molecule has 0 aliphatic rings. The average Bonchev–Trinajstić information content (AvgIpc) is 2.14. The maximum Gasteiger partial charge on any atom is 0.138 e. The molecule has 1 radical (unpaired) electrons. The molecule has 1 heterocycles. The topological polar surface area (TPSA) is 40.7 Å². The monoisotopic (exact) mass is 96.1 g/mol. The Hall–Kier alpha value is -0.990. The van der Waals surface area contributed by atoms with Gasteiger partial charge in [-0.1, -0.05) is 0 Å². The lowest BCUT2D eigenvalue weighted by Crippen LogP contribution is -1.82. The van der Waals surface area contributed by atoms with E-state index in [4.69, 9.17) is 0 Å². The lowest BCUT2D eigenvalue weighted by molar-refractivity contribution is 1.08. The van der Waals surface area contributed by atoms with E-state index in [-0.39, 0.29) is 0 Å². The van der Waals surface area contributed by atoms with Gasteiger partial charge in [-0.25, -0.2) is 0 Å². The Morgan fingerprint density at radius 3 is 3.14 bits per heavy atom. The first-order valence-corrected chi connectivity index (χ1v) is 2.02. The van der Waals surface area contributed by atoms with Gasteiger partial charge in [-0.05, 0) is 0 Å². The van der Waals surface area contributed by atoms with Crippen LogP contribution in [0.5, 0.6) is 0 Å². The molecular weight excluding hydrogens is 90.1 g/mol. The van der Waals surface area contributed by atoms with Crippen LogP contribution in [0.1, 0.15) is 0 Å². The minimum Gasteiger partial charge on any atom is -0.385 e. The number of H-pyrrole nitrogens is 1. The zero-order valence-corrected chi connectivity index (χ0v) is 4.02. The summed E-state index contributed by atoms with van der Waals surface area (Å²) in [7, 11) is 1.82. The normalized spacial score (nSPS) is 8.71. The molecule has 0 saturated carbocycles. The molecule has 0 spiro atoms. The molecule has 1 rings (SSSR count). The van der Waals surface area contributed by atoms with Gasteiger partial charge in [-0.15, -0.1) is 0 Å². The molecule has 0 amide bonds. The number of aromatic amines is 1. The van der Waals surface area contributed by atoms with Crippen LogP contribution in [0, 0.1) is 6.20 Å². The second-order valence-electron chi connectivity index (χ2n) is 1.16. The van der Waals surface area contributed by atoms with Crippen molar-refractivity contribution in [1.82, 2.24) is 10.2 Å². The Balaban J connectivity index is 2.76. The van der Waals surface area contributed by atoms with Crippen LogP contribution in [-0.4, -0.2) is 17.2 Å². The van der Waals surface area contributed by atoms with Crippen LogP contribution in [0.3, 0.4) is 0 Å². The van der Waals surface area contributed by atoms with Gasteiger partial charge in [0.1, 0.15) is 6.20 Å². The largest absolute Gasteiger partial charge is 0.385 e. The van der Waals surface area contributed by atoms with Gasteiger partial charge in [0.05, 0.1) is 5.69 Å². The number of hydrogen-bond donors (Lipinski definition) is 2. The highest BCUT2D eigenvalue weighted by Crippen LogP contribution is 1.94. The molecule has 1 aromatic heterocycles. The van der Waals surface area contributed by atoms with Gasteiger partial charge in [0.25, 0.3) is 0 Å². The van der Waals surface area contributed by atoms with Gasteiger partial charge in [-0.2, -0.15) is 5.10 Å². The van der Waals surface area contributed by atoms with Crippen LogP contribution in [0.25, 0.3) is 0 Å². The van der Waals surface area contributed by atoms with Crippen molar-refractivity contribution in [3.63, 3.8) is 0 Å². The van der Waals surface area contributed by atoms with E-state index < -0.39 is 0 Å². The zero-order valence-electron chi connectivity index (χ0n) is 4.02. The van der Waals surface area contributed by atoms with Crippen LogP contribution in [0.15, 0.2) is 6.20 Å². The van der Waals surface area contributed by atoms with Crippen molar-refractivity contribution < 1.29 is 0 Å². The van der Waals surface area contributed by atoms with Gasteiger partial charge < -0.3 is 5.32 Å². The molecular formula is C4H6N3. The molecule has 0 aliphatic carbocycles. The van der Waals surface area contributed by atoms with Crippen LogP contribution in [-0.2, 0) is 0 Å². The highest BCUT2D eigenvalue weighted by atomic mass is 15.1. The van der Waals surface area contributed by atoms with E-state index in [0.717, 1.165) is 5.69 Å². The van der Waals surface area contributed by atoms with Crippen molar-refractivity contribution in [2.75, 3.05) is 12.4 Å². The van der Waals surface area contributed by atoms with Crippen LogP contribution in [0.2, 0.25) is 0 Å². The third-order valence-corrected chi connectivity index (χ3v) is 0.719. The quantitative estimate of drug-likeness (QED) is 0.526. The Kier molecular flexibility index (Phi) is 0.978. The first-order chi connectivity index (χ1) is 3.43. The lowest BCUT2D eigenvalue weighted by Gasteiger charge is -1.83. The van der Waals surface area contributed by atoms with E-state index in [2.05, 4.69) is 21.7 Å². The highest BCUT2D eigenvalue weighted by molar-refractivity contribution is 5.34. The number of aromatic nitrogens is 2. The predicted molar refractivity (Wildman–Crippen MR) is 27.0 cm³/mol. The summed E-state index contributed by atoms with van der Waals surface area (Å²) in [4.78, 5) is 0. The summed E-state index contributed by atoms with van der Waals surface area (Å²) >= 11 is 0. The van der Waals surface area contributed by atoms with E-state index in [0.29, 0.717) is 0 Å². The second kappa shape index (κ2) is 1.64. The SMILES string of the molecule is CNc1[c]n[nH]c1. The average molecular weight is 96.1 g/mol. The molecule has 0 aliphatic heterocycles. The number of rotatable bonds is 1. The summed E-state index contributed by atoms with van der Waals surface area (Å²) < 4.78 is 0. The van der Waals surface area contributed by atoms with Crippen molar-refractivity contribution in [2.45, 2.75) is 0 Å². The Morgan fingerprint density at radius 1 is 2.00 bits per heavy atom. The van der Waals surface area contributed by atoms with Crippen molar-refractivity contribution in [1.29, 1.82) is 0 Å². The standard InChI is InChI=1S/C4H6N3/c1-5-4-2-6-7-3-4/h2,5H,1H3,(H,6,7). The van der Waals surface area contributed by atoms with Gasteiger partial charge in [0.15, 0.2) is 0 Å². The molecule has 1 aromatic rings. The molecule has 37 valence electrons. The molecule has 3 heteroatoms. The minimum absolute atomic E-state index is 0.889. The van der Waals surface area contributed by atoms with E-state index in [1.807, 2.05) is 7.05 Å². The van der Waals surface area contributed by atoms with Crippen LogP contribution < -0.4 is 5.32 Å². The third-order valence-electron chi connectivity index (χ3n) is 0.719. The molecule has 3 nitrogen and oxygen atoms in total. The van der Waals surface area contributed by atoms with E-state index in [1.54, 1.807) is 6.20 Å². The lowest BCUT2D eigenvalue weighted by atomic mass is 10.6. The molecule has 7 heavy (non-hydrogen) atoms. The summed E-state index contributed by atoms with van der Waals surface area (Å²) in [5.74, 6) is 0. The molecule has 0 aromatic carbocycles. The summed E-state index contributed by atoms with van der Waals surface area (Å²) in [6.45, 7) is 0. The van der Waals surface area contributed by atoms with E-state index in [1.165, 1.54) is 0 Å². The Bertz CT molecular complexity index is 121. The van der Waals surface area contributed by atoms with Gasteiger partial charge in [0.2, 0.25) is 0 Å². The fourth-order valence-electron chi connectivity index (χ4n) is 0.350. The fourth-order valence-corrected chi connectivity index (χ4v) is 0.350. The Labute approximate surface area is 41.7 Å². The fraction of sp³-hybridized carbons (Fsp3) is 0.250. The van der Waals surface area contributed by atoms with Gasteiger partial charge in [-0.3, -0.25) is 5.10 Å². The summed E-state index contributed by atoms with van der Waals surface area (Å²) in [6, 6.07) is 0. The molecule has 0 atom stereocenters. The van der Waals surface area contributed by atoms with Crippen molar-refractivity contribution in [2.24, 2.45) is 0 Å². The molecule has 0 unspecified atom stereocenters. The zero-order chi connectivity index (χ0) is 5.11. The number of nitrogens with one attached hydrogen (secondary N) is 2. The van der Waals surface area contributed by atoms with Crippen molar-refractivity contribution >= 4 is 5.69 Å². The number of anilines is 1. The second-order valence-corrected chi connectivity index (χ2v) is 1.16. The van der Waals surface area contributed by atoms with E-state index in [9.17, 15) is 0 Å². The molecule has 0 fully saturated rings. The Morgan fingerprint density at radius 2 is 2.86 bits per heavy atom. The van der Waals surface area contributed by atoms with Crippen LogP contribution in [0.4, 0.5) is 5.69 Å². The predicted octanol–water partition coefficient (Wildman–Crippen LogP) is 0.252. The number of hydrogen-bond acceptors (Lipinski definition) is 2. The summed E-state index contributed by atoms with van der Waals surface area (Å²) in [5, 5.41) is 9.05. The first-order valence-electron chi connectivity index (χ1n) is 2.02. The van der Waals surface area contributed by atoms with Crippen molar-refractivity contribution in [3.8, 4) is 0 Å². The minimum atomic E-state index is 0.889. The highest BCUT2D eigenvalue weighted by Gasteiger charge is 1.82. The van der Waals surface area contributed by atoms with Gasteiger partial charge >= 0.3 is 0 Å². The number of nitrogens with zero attached hydrogens (tertiary/aromatic N) is 1. The smallest absolute Gasteiger partial charge is 0.138 e. The van der Waals surface area contributed by atoms with Gasteiger partial charge in [0, 0.05) is 13.2 Å². The maximum atomic E-state index is 3.58. The van der Waals surface area contributed by atoms with Crippen molar-refractivity contribution in [3.05, 3.63) is 12.4 Å².